The number of carboxylic acids is 1. The van der Waals surface area contributed by atoms with Crippen molar-refractivity contribution in [2.24, 2.45) is 0 Å². The zero-order valence-electron chi connectivity index (χ0n) is 19.5. The van der Waals surface area contributed by atoms with Crippen molar-refractivity contribution in [1.82, 2.24) is 4.57 Å². The molecule has 4 aromatic rings. The van der Waals surface area contributed by atoms with E-state index in [1.807, 2.05) is 13.8 Å². The molecule has 186 valence electrons. The first-order chi connectivity index (χ1) is 16.8. The maximum absolute atomic E-state index is 14.7. The van der Waals surface area contributed by atoms with E-state index in [1.165, 1.54) is 18.2 Å². The Kier molecular flexibility index (Phi) is 5.19. The molecule has 5 nitrogen and oxygen atoms in total. The number of phenols is 1. The van der Waals surface area contributed by atoms with E-state index in [9.17, 15) is 32.6 Å². The Labute approximate surface area is 203 Å². The molecule has 1 aliphatic heterocycles. The van der Waals surface area contributed by atoms with Crippen LogP contribution in [0.25, 0.3) is 16.6 Å². The van der Waals surface area contributed by atoms with Gasteiger partial charge in [0.1, 0.15) is 23.0 Å². The fraction of sp³-hybridized carbons (Fsp3) is 0.222. The van der Waals surface area contributed by atoms with E-state index in [4.69, 9.17) is 4.74 Å². The van der Waals surface area contributed by atoms with Gasteiger partial charge in [0.05, 0.1) is 17.7 Å². The summed E-state index contributed by atoms with van der Waals surface area (Å²) in [5, 5.41) is 20.3. The van der Waals surface area contributed by atoms with Crippen molar-refractivity contribution in [3.05, 3.63) is 94.2 Å². The predicted molar refractivity (Wildman–Crippen MR) is 124 cm³/mol. The van der Waals surface area contributed by atoms with Crippen LogP contribution in [-0.4, -0.2) is 27.4 Å². The van der Waals surface area contributed by atoms with E-state index in [2.05, 4.69) is 0 Å². The monoisotopic (exact) mass is 499 g/mol. The fourth-order valence-corrected chi connectivity index (χ4v) is 5.04. The lowest BCUT2D eigenvalue weighted by Crippen LogP contribution is -2.43. The Bertz CT molecular complexity index is 1580. The molecule has 2 heterocycles. The Morgan fingerprint density at radius 1 is 0.944 bits per heavy atom. The third kappa shape index (κ3) is 3.37. The van der Waals surface area contributed by atoms with E-state index in [0.717, 1.165) is 30.3 Å². The molecule has 0 spiro atoms. The number of ether oxygens (including phenoxy) is 1. The average molecular weight is 499 g/mol. The molecule has 0 fully saturated rings. The lowest BCUT2D eigenvalue weighted by Gasteiger charge is -2.43. The number of carbonyl (C=O) groups is 1. The second-order valence-corrected chi connectivity index (χ2v) is 9.68. The highest BCUT2D eigenvalue weighted by Gasteiger charge is 2.47. The van der Waals surface area contributed by atoms with Crippen LogP contribution in [0, 0.1) is 23.3 Å². The summed E-state index contributed by atoms with van der Waals surface area (Å²) in [6, 6.07) is 8.94. The van der Waals surface area contributed by atoms with Crippen LogP contribution in [0.1, 0.15) is 48.0 Å². The Balaban J connectivity index is 1.92. The highest BCUT2D eigenvalue weighted by atomic mass is 19.2. The van der Waals surface area contributed by atoms with Crippen LogP contribution in [0.5, 0.6) is 5.75 Å². The lowest BCUT2D eigenvalue weighted by atomic mass is 9.75. The second kappa shape index (κ2) is 7.83. The molecule has 1 atom stereocenters. The van der Waals surface area contributed by atoms with E-state index in [-0.39, 0.29) is 28.8 Å². The molecule has 9 heteroatoms. The van der Waals surface area contributed by atoms with Crippen molar-refractivity contribution >= 4 is 16.9 Å². The first-order valence-electron chi connectivity index (χ1n) is 11.1. The maximum Gasteiger partial charge on any atom is 0.338 e. The van der Waals surface area contributed by atoms with Gasteiger partial charge in [-0.25, -0.2) is 22.4 Å². The molecule has 0 saturated heterocycles. The predicted octanol–water partition coefficient (Wildman–Crippen LogP) is 6.16. The van der Waals surface area contributed by atoms with Gasteiger partial charge in [-0.05, 0) is 42.8 Å². The topological polar surface area (TPSA) is 71.7 Å². The van der Waals surface area contributed by atoms with Crippen LogP contribution in [-0.2, 0) is 15.8 Å². The molecule has 5 rings (SSSR count). The van der Waals surface area contributed by atoms with Crippen molar-refractivity contribution in [2.75, 3.05) is 6.61 Å². The summed E-state index contributed by atoms with van der Waals surface area (Å²) < 4.78 is 65.1. The van der Waals surface area contributed by atoms with Gasteiger partial charge in [0.25, 0.3) is 0 Å². The normalized spacial score (nSPS) is 18.9. The van der Waals surface area contributed by atoms with Gasteiger partial charge < -0.3 is 19.5 Å². The maximum atomic E-state index is 14.7. The van der Waals surface area contributed by atoms with Crippen molar-refractivity contribution in [3.63, 3.8) is 0 Å². The summed E-state index contributed by atoms with van der Waals surface area (Å²) >= 11 is 0. The highest BCUT2D eigenvalue weighted by molar-refractivity contribution is 5.94. The van der Waals surface area contributed by atoms with Gasteiger partial charge in [-0.1, -0.05) is 19.9 Å². The molecule has 36 heavy (non-hydrogen) atoms. The van der Waals surface area contributed by atoms with Crippen molar-refractivity contribution in [2.45, 2.75) is 31.8 Å². The fourth-order valence-electron chi connectivity index (χ4n) is 5.04. The van der Waals surface area contributed by atoms with Crippen LogP contribution >= 0.6 is 0 Å². The molecule has 0 saturated carbocycles. The largest absolute Gasteiger partial charge is 0.507 e. The summed E-state index contributed by atoms with van der Waals surface area (Å²) in [4.78, 5) is 11.3. The Morgan fingerprint density at radius 2 is 1.67 bits per heavy atom. The minimum Gasteiger partial charge on any atom is -0.507 e. The van der Waals surface area contributed by atoms with Crippen molar-refractivity contribution < 1.29 is 37.3 Å². The van der Waals surface area contributed by atoms with Gasteiger partial charge in [0.15, 0.2) is 11.6 Å². The number of fused-ring (bicyclic) bond motifs is 3. The van der Waals surface area contributed by atoms with Crippen LogP contribution in [0.4, 0.5) is 17.6 Å². The van der Waals surface area contributed by atoms with Crippen molar-refractivity contribution in [3.8, 4) is 11.4 Å². The summed E-state index contributed by atoms with van der Waals surface area (Å²) in [7, 11) is 0. The van der Waals surface area contributed by atoms with E-state index in [0.29, 0.717) is 11.3 Å². The summed E-state index contributed by atoms with van der Waals surface area (Å²) in [6.07, 6.45) is 0. The number of rotatable bonds is 3. The zero-order valence-corrected chi connectivity index (χ0v) is 19.5. The van der Waals surface area contributed by atoms with Gasteiger partial charge in [0.2, 0.25) is 0 Å². The molecule has 1 aliphatic rings. The van der Waals surface area contributed by atoms with Gasteiger partial charge in [-0.2, -0.15) is 0 Å². The molecular weight excluding hydrogens is 478 g/mol. The number of hydrogen-bond donors (Lipinski definition) is 2. The SMILES string of the molecule is CC1(C)COC(C)(c2ccc(C(=O)O)c(F)c2)c2c1n(-c1ccc(F)c(F)c1)c1cc(F)cc(O)c21. The first-order valence-corrected chi connectivity index (χ1v) is 11.1. The van der Waals surface area contributed by atoms with Crippen molar-refractivity contribution in [1.29, 1.82) is 0 Å². The van der Waals surface area contributed by atoms with Gasteiger partial charge in [-0.3, -0.25) is 0 Å². The smallest absolute Gasteiger partial charge is 0.338 e. The molecule has 3 aromatic carbocycles. The minimum atomic E-state index is -1.43. The number of hydrogen-bond acceptors (Lipinski definition) is 3. The van der Waals surface area contributed by atoms with E-state index in [1.54, 1.807) is 11.5 Å². The highest BCUT2D eigenvalue weighted by Crippen LogP contribution is 2.52. The van der Waals surface area contributed by atoms with Gasteiger partial charge in [0, 0.05) is 39.9 Å². The lowest BCUT2D eigenvalue weighted by molar-refractivity contribution is -0.0438. The molecule has 0 amide bonds. The van der Waals surface area contributed by atoms with Crippen LogP contribution in [0.2, 0.25) is 0 Å². The summed E-state index contributed by atoms with van der Waals surface area (Å²) in [5.41, 5.74) is -1.20. The molecule has 0 bridgehead atoms. The second-order valence-electron chi connectivity index (χ2n) is 9.68. The van der Waals surface area contributed by atoms with Crippen LogP contribution in [0.3, 0.4) is 0 Å². The standard InChI is InChI=1S/C27H21F4NO4/c1-26(2)12-36-27(3,13-4-6-16(25(34)35)18(30)8-13)23-22-20(9-14(28)10-21(22)33)32(24(23)26)15-5-7-17(29)19(31)11-15/h4-11,33H,12H2,1-3H3,(H,34,35). The molecule has 2 N–H and O–H groups in total. The average Bonchev–Trinajstić information content (AvgIpc) is 3.16. The molecule has 0 radical (unpaired) electrons. The number of nitrogens with zero attached hydrogens (tertiary/aromatic N) is 1. The van der Waals surface area contributed by atoms with Gasteiger partial charge >= 0.3 is 5.97 Å². The van der Waals surface area contributed by atoms with Gasteiger partial charge in [-0.15, -0.1) is 0 Å². The first kappa shape index (κ1) is 23.9. The quantitative estimate of drug-likeness (QED) is 0.331. The number of aromatic hydroxyl groups is 1. The summed E-state index contributed by atoms with van der Waals surface area (Å²) in [5.74, 6) is -5.75. The third-order valence-electron chi connectivity index (χ3n) is 6.76. The van der Waals surface area contributed by atoms with Crippen LogP contribution in [0.15, 0.2) is 48.5 Å². The minimum absolute atomic E-state index is 0.0854. The number of benzene rings is 3. The Morgan fingerprint density at radius 3 is 2.31 bits per heavy atom. The number of aromatic nitrogens is 1. The number of phenolic OH excluding ortho intramolecular Hbond substituents is 1. The van der Waals surface area contributed by atoms with Crippen LogP contribution < -0.4 is 0 Å². The number of carboxylic acid groups (broad SMARTS) is 1. The molecule has 1 aromatic heterocycles. The zero-order chi connectivity index (χ0) is 26.2. The Hall–Kier alpha value is -3.85. The number of halogens is 4. The molecular formula is C27H21F4NO4. The molecule has 1 unspecified atom stereocenters. The summed E-state index contributed by atoms with van der Waals surface area (Å²) in [6.45, 7) is 5.39. The third-order valence-corrected chi connectivity index (χ3v) is 6.76. The van der Waals surface area contributed by atoms with E-state index < -0.39 is 51.6 Å². The van der Waals surface area contributed by atoms with E-state index >= 15 is 0 Å². The molecule has 0 aliphatic carbocycles. The number of aromatic carboxylic acids is 1.